The molecule has 0 spiro atoms. The van der Waals surface area contributed by atoms with Crippen molar-refractivity contribution < 1.29 is 19.0 Å². The number of hydrogen-bond donors (Lipinski definition) is 1. The first-order valence-corrected chi connectivity index (χ1v) is 13.6. The minimum Gasteiger partial charge on any atom is -0.506 e. The zero-order chi connectivity index (χ0) is 26.8. The summed E-state index contributed by atoms with van der Waals surface area (Å²) in [6, 6.07) is 20.0. The number of nitrogens with zero attached hydrogens (tertiary/aromatic N) is 2. The predicted molar refractivity (Wildman–Crippen MR) is 155 cm³/mol. The maximum atomic E-state index is 13.4. The predicted octanol–water partition coefficient (Wildman–Crippen LogP) is 8.09. The molecule has 0 bridgehead atoms. The van der Waals surface area contributed by atoms with Crippen LogP contribution in [0, 0.1) is 12.7 Å². The van der Waals surface area contributed by atoms with E-state index in [0.717, 1.165) is 32.1 Å². The highest BCUT2D eigenvalue weighted by molar-refractivity contribution is 9.10. The number of halogens is 2. The topological polar surface area (TPSA) is 63.8 Å². The number of fused-ring (bicyclic) bond motifs is 1. The fourth-order valence-electron chi connectivity index (χ4n) is 4.20. The molecule has 3 aromatic carbocycles. The molecule has 0 aliphatic carbocycles. The summed E-state index contributed by atoms with van der Waals surface area (Å²) in [5.74, 6) is -1.05. The van der Waals surface area contributed by atoms with E-state index in [2.05, 4.69) is 25.5 Å². The molecule has 1 N–H and O–H groups in total. The van der Waals surface area contributed by atoms with Gasteiger partial charge < -0.3 is 14.4 Å². The molecular formula is C30H24BrFN2O3S. The Hall–Kier alpha value is -3.62. The lowest BCUT2D eigenvalue weighted by Crippen LogP contribution is -2.12. The van der Waals surface area contributed by atoms with E-state index in [9.17, 15) is 14.3 Å². The highest BCUT2D eigenvalue weighted by Crippen LogP contribution is 2.41. The number of aliphatic hydroxyl groups is 1. The average molecular weight is 592 g/mol. The van der Waals surface area contributed by atoms with Gasteiger partial charge in [-0.3, -0.25) is 0 Å². The lowest BCUT2D eigenvalue weighted by atomic mass is 10.1. The molecule has 4 aromatic rings. The van der Waals surface area contributed by atoms with Crippen LogP contribution in [0.1, 0.15) is 23.6 Å². The van der Waals surface area contributed by atoms with Gasteiger partial charge in [-0.1, -0.05) is 57.5 Å². The number of thioether (sulfide) groups is 1. The van der Waals surface area contributed by atoms with E-state index in [-0.39, 0.29) is 23.8 Å². The van der Waals surface area contributed by atoms with Crippen LogP contribution in [0.4, 0.5) is 10.1 Å². The summed E-state index contributed by atoms with van der Waals surface area (Å²) >= 11 is 4.78. The Kier molecular flexibility index (Phi) is 7.53. The van der Waals surface area contributed by atoms with Gasteiger partial charge in [0.25, 0.3) is 0 Å². The molecule has 0 unspecified atom stereocenters. The van der Waals surface area contributed by atoms with Gasteiger partial charge in [0.2, 0.25) is 0 Å². The molecule has 0 fully saturated rings. The second kappa shape index (κ2) is 11.0. The summed E-state index contributed by atoms with van der Waals surface area (Å²) in [6.45, 7) is 4.44. The Balaban J connectivity index is 1.58. The highest BCUT2D eigenvalue weighted by Gasteiger charge is 2.33. The van der Waals surface area contributed by atoms with Crippen molar-refractivity contribution in [2.24, 2.45) is 4.99 Å². The molecule has 38 heavy (non-hydrogen) atoms. The third-order valence-corrected chi connectivity index (χ3v) is 7.57. The molecule has 1 aromatic heterocycles. The van der Waals surface area contributed by atoms with Gasteiger partial charge in [-0.15, -0.1) is 0 Å². The molecule has 0 atom stereocenters. The van der Waals surface area contributed by atoms with E-state index in [1.165, 1.54) is 23.9 Å². The van der Waals surface area contributed by atoms with Gasteiger partial charge in [0.05, 0.1) is 17.2 Å². The molecule has 0 radical (unpaired) electrons. The number of aryl methyl sites for hydroxylation is 1. The van der Waals surface area contributed by atoms with Crippen LogP contribution in [-0.2, 0) is 16.1 Å². The number of ether oxygens (including phenoxy) is 1. The number of carbonyl (C=O) groups excluding carboxylic acids is 1. The summed E-state index contributed by atoms with van der Waals surface area (Å²) in [6.07, 6.45) is 3.84. The summed E-state index contributed by atoms with van der Waals surface area (Å²) in [4.78, 5) is 17.9. The van der Waals surface area contributed by atoms with Crippen LogP contribution in [0.15, 0.2) is 98.6 Å². The first-order valence-electron chi connectivity index (χ1n) is 12.0. The van der Waals surface area contributed by atoms with Crippen LogP contribution in [0.2, 0.25) is 0 Å². The molecule has 1 aliphatic rings. The van der Waals surface area contributed by atoms with Gasteiger partial charge in [0.15, 0.2) is 0 Å². The largest absolute Gasteiger partial charge is 0.506 e. The molecule has 2 heterocycles. The van der Waals surface area contributed by atoms with E-state index in [4.69, 9.17) is 4.74 Å². The van der Waals surface area contributed by atoms with Gasteiger partial charge in [0.1, 0.15) is 22.2 Å². The molecule has 192 valence electrons. The Labute approximate surface area is 232 Å². The molecular weight excluding hydrogens is 567 g/mol. The smallest absolute Gasteiger partial charge is 0.344 e. The van der Waals surface area contributed by atoms with Crippen molar-refractivity contribution in [3.8, 4) is 0 Å². The fourth-order valence-corrected chi connectivity index (χ4v) is 5.59. The number of aliphatic imine (C=N–C) groups is 1. The number of rotatable bonds is 6. The quantitative estimate of drug-likeness (QED) is 0.230. The van der Waals surface area contributed by atoms with Crippen LogP contribution >= 0.6 is 27.7 Å². The van der Waals surface area contributed by atoms with Crippen molar-refractivity contribution in [3.63, 3.8) is 0 Å². The summed E-state index contributed by atoms with van der Waals surface area (Å²) in [7, 11) is 0. The Bertz CT molecular complexity index is 1620. The van der Waals surface area contributed by atoms with Crippen LogP contribution in [0.5, 0.6) is 0 Å². The summed E-state index contributed by atoms with van der Waals surface area (Å²) < 4.78 is 21.6. The fraction of sp³-hybridized carbons (Fsp3) is 0.133. The summed E-state index contributed by atoms with van der Waals surface area (Å²) in [5, 5.41) is 12.5. The van der Waals surface area contributed by atoms with Gasteiger partial charge >= 0.3 is 5.97 Å². The van der Waals surface area contributed by atoms with Crippen LogP contribution < -0.4 is 0 Å². The van der Waals surface area contributed by atoms with Gasteiger partial charge in [-0.05, 0) is 68.0 Å². The monoisotopic (exact) mass is 590 g/mol. The van der Waals surface area contributed by atoms with E-state index in [1.54, 1.807) is 19.1 Å². The van der Waals surface area contributed by atoms with E-state index >= 15 is 0 Å². The van der Waals surface area contributed by atoms with Crippen LogP contribution in [0.25, 0.3) is 17.0 Å². The molecule has 0 amide bonds. The van der Waals surface area contributed by atoms with E-state index < -0.39 is 5.97 Å². The van der Waals surface area contributed by atoms with Crippen molar-refractivity contribution in [1.82, 2.24) is 4.57 Å². The summed E-state index contributed by atoms with van der Waals surface area (Å²) in [5.41, 5.74) is 4.63. The second-order valence-corrected chi connectivity index (χ2v) is 10.8. The average Bonchev–Trinajstić information content (AvgIpc) is 3.38. The standard InChI is InChI=1S/C30H24BrFN2O3S/c1-3-37-30(36)27-28(35)26(38-29(27)33-23-11-4-18(2)5-12-23)14-20-17-34(16-19-6-9-22(32)10-7-19)25-13-8-21(31)15-24(20)25/h4-15,17,35H,3,16H2,1-2H3/b26-14-,33-29?. The first-order chi connectivity index (χ1) is 18.3. The van der Waals surface area contributed by atoms with Crippen LogP contribution in [0.3, 0.4) is 0 Å². The number of benzene rings is 3. The molecule has 5 rings (SSSR count). The second-order valence-electron chi connectivity index (χ2n) is 8.81. The number of esters is 1. The molecule has 8 heteroatoms. The number of hydrogen-bond acceptors (Lipinski definition) is 5. The van der Waals surface area contributed by atoms with E-state index in [0.29, 0.717) is 22.2 Å². The van der Waals surface area contributed by atoms with Crippen molar-refractivity contribution in [1.29, 1.82) is 0 Å². The highest BCUT2D eigenvalue weighted by atomic mass is 79.9. The number of aromatic nitrogens is 1. The van der Waals surface area contributed by atoms with Gasteiger partial charge in [-0.2, -0.15) is 0 Å². The molecule has 5 nitrogen and oxygen atoms in total. The normalized spacial score (nSPS) is 15.7. The molecule has 1 aliphatic heterocycles. The first kappa shape index (κ1) is 26.0. The number of carbonyl (C=O) groups is 1. The zero-order valence-corrected chi connectivity index (χ0v) is 23.1. The van der Waals surface area contributed by atoms with E-state index in [1.807, 2.05) is 61.7 Å². The SMILES string of the molecule is CCOC(=O)C1=C(O)/C(=C/c2cn(Cc3ccc(F)cc3)c3ccc(Br)cc23)SC1=Nc1ccc(C)cc1. The van der Waals surface area contributed by atoms with Crippen molar-refractivity contribution in [2.45, 2.75) is 20.4 Å². The van der Waals surface area contributed by atoms with Crippen molar-refractivity contribution in [3.05, 3.63) is 116 Å². The third-order valence-electron chi connectivity index (χ3n) is 6.06. The lowest BCUT2D eigenvalue weighted by molar-refractivity contribution is -0.138. The Morgan fingerprint density at radius 1 is 1.13 bits per heavy atom. The Morgan fingerprint density at radius 2 is 1.87 bits per heavy atom. The maximum Gasteiger partial charge on any atom is 0.344 e. The van der Waals surface area contributed by atoms with Gasteiger partial charge in [-0.25, -0.2) is 14.2 Å². The minimum atomic E-state index is -0.617. The van der Waals surface area contributed by atoms with Crippen molar-refractivity contribution >= 4 is 61.4 Å². The lowest BCUT2D eigenvalue weighted by Gasteiger charge is -2.05. The van der Waals surface area contributed by atoms with Crippen molar-refractivity contribution in [2.75, 3.05) is 6.61 Å². The van der Waals surface area contributed by atoms with Gasteiger partial charge in [0, 0.05) is 33.7 Å². The zero-order valence-electron chi connectivity index (χ0n) is 20.7. The third kappa shape index (κ3) is 5.47. The molecule has 0 saturated heterocycles. The number of aliphatic hydroxyl groups excluding tert-OH is 1. The Morgan fingerprint density at radius 3 is 2.58 bits per heavy atom. The van der Waals surface area contributed by atoms with Crippen LogP contribution in [-0.4, -0.2) is 27.3 Å². The maximum absolute atomic E-state index is 13.4. The minimum absolute atomic E-state index is 0.0555. The molecule has 0 saturated carbocycles.